The van der Waals surface area contributed by atoms with Crippen molar-refractivity contribution in [3.63, 3.8) is 0 Å². The summed E-state index contributed by atoms with van der Waals surface area (Å²) in [6.07, 6.45) is 3.28. The van der Waals surface area contributed by atoms with Crippen LogP contribution in [0.2, 0.25) is 5.02 Å². The van der Waals surface area contributed by atoms with Crippen molar-refractivity contribution in [2.24, 2.45) is 0 Å². The lowest BCUT2D eigenvalue weighted by molar-refractivity contribution is 0.0921. The maximum atomic E-state index is 12.4. The number of halogens is 1. The number of hydrogen-bond acceptors (Lipinski definition) is 4. The van der Waals surface area contributed by atoms with Crippen LogP contribution in [0.5, 0.6) is 5.75 Å². The molecule has 27 heavy (non-hydrogen) atoms. The molecule has 0 atom stereocenters. The number of ketones is 1. The molecule has 0 bridgehead atoms. The van der Waals surface area contributed by atoms with Crippen LogP contribution in [-0.4, -0.2) is 12.4 Å². The average Bonchev–Trinajstić information content (AvgIpc) is 2.65. The molecule has 0 radical (unpaired) electrons. The molecule has 0 aliphatic heterocycles. The quantitative estimate of drug-likeness (QED) is 0.406. The Morgan fingerprint density at radius 2 is 1.89 bits per heavy atom. The largest absolute Gasteiger partial charge is 0.484 e. The lowest BCUT2D eigenvalue weighted by Crippen LogP contribution is -2.12. The van der Waals surface area contributed by atoms with Gasteiger partial charge < -0.3 is 9.15 Å². The van der Waals surface area contributed by atoms with E-state index < -0.39 is 5.63 Å². The first-order valence-electron chi connectivity index (χ1n) is 8.97. The van der Waals surface area contributed by atoms with E-state index >= 15 is 0 Å². The number of rotatable bonds is 7. The van der Waals surface area contributed by atoms with E-state index in [1.54, 1.807) is 12.1 Å². The van der Waals surface area contributed by atoms with Gasteiger partial charge in [0.1, 0.15) is 11.3 Å². The Labute approximate surface area is 162 Å². The van der Waals surface area contributed by atoms with Gasteiger partial charge in [0.2, 0.25) is 0 Å². The highest BCUT2D eigenvalue weighted by atomic mass is 35.5. The Morgan fingerprint density at radius 3 is 2.59 bits per heavy atom. The molecule has 0 saturated heterocycles. The van der Waals surface area contributed by atoms with Gasteiger partial charge in [0.25, 0.3) is 0 Å². The van der Waals surface area contributed by atoms with Gasteiger partial charge in [-0.25, -0.2) is 4.79 Å². The summed E-state index contributed by atoms with van der Waals surface area (Å²) in [5.41, 5.74) is 2.53. The maximum absolute atomic E-state index is 12.4. The second-order valence-corrected chi connectivity index (χ2v) is 6.95. The van der Waals surface area contributed by atoms with Crippen molar-refractivity contribution in [3.05, 3.63) is 74.6 Å². The highest BCUT2D eigenvalue weighted by molar-refractivity contribution is 6.32. The van der Waals surface area contributed by atoms with Crippen molar-refractivity contribution in [1.29, 1.82) is 0 Å². The van der Waals surface area contributed by atoms with Gasteiger partial charge in [0, 0.05) is 23.1 Å². The van der Waals surface area contributed by atoms with E-state index in [9.17, 15) is 9.59 Å². The van der Waals surface area contributed by atoms with Crippen LogP contribution in [0, 0.1) is 6.92 Å². The van der Waals surface area contributed by atoms with Gasteiger partial charge in [0.05, 0.1) is 5.02 Å². The van der Waals surface area contributed by atoms with Crippen molar-refractivity contribution in [2.45, 2.75) is 33.1 Å². The summed E-state index contributed by atoms with van der Waals surface area (Å²) in [6, 6.07) is 12.2. The molecule has 2 aromatic carbocycles. The normalized spacial score (nSPS) is 10.9. The van der Waals surface area contributed by atoms with Gasteiger partial charge in [-0.05, 0) is 37.0 Å². The van der Waals surface area contributed by atoms with Crippen molar-refractivity contribution in [1.82, 2.24) is 0 Å². The molecule has 140 valence electrons. The van der Waals surface area contributed by atoms with E-state index in [0.29, 0.717) is 21.9 Å². The van der Waals surface area contributed by atoms with Crippen LogP contribution in [0.15, 0.2) is 51.7 Å². The van der Waals surface area contributed by atoms with Crippen LogP contribution in [0.1, 0.15) is 41.3 Å². The van der Waals surface area contributed by atoms with Crippen LogP contribution < -0.4 is 10.4 Å². The predicted molar refractivity (Wildman–Crippen MR) is 107 cm³/mol. The third kappa shape index (κ3) is 4.58. The number of hydrogen-bond donors (Lipinski definition) is 0. The Morgan fingerprint density at radius 1 is 1.15 bits per heavy atom. The standard InChI is InChI=1S/C22H21ClO4/c1-3-4-5-15-6-8-16(9-7-15)19(24)13-26-21-12-20-17(11-18(21)23)14(2)10-22(25)27-20/h6-12H,3-5,13H2,1-2H3. The van der Waals surface area contributed by atoms with Crippen LogP contribution in [0.3, 0.4) is 0 Å². The van der Waals surface area contributed by atoms with Crippen molar-refractivity contribution in [3.8, 4) is 5.75 Å². The van der Waals surface area contributed by atoms with Crippen molar-refractivity contribution in [2.75, 3.05) is 6.61 Å². The third-order valence-corrected chi connectivity index (χ3v) is 4.75. The van der Waals surface area contributed by atoms with E-state index in [4.69, 9.17) is 20.8 Å². The van der Waals surface area contributed by atoms with E-state index in [-0.39, 0.29) is 12.4 Å². The third-order valence-electron chi connectivity index (χ3n) is 4.46. The number of aryl methyl sites for hydroxylation is 2. The van der Waals surface area contributed by atoms with E-state index in [0.717, 1.165) is 30.2 Å². The molecule has 0 saturated carbocycles. The zero-order chi connectivity index (χ0) is 19.4. The highest BCUT2D eigenvalue weighted by Gasteiger charge is 2.12. The van der Waals surface area contributed by atoms with Crippen molar-refractivity contribution >= 4 is 28.4 Å². The van der Waals surface area contributed by atoms with E-state index in [1.165, 1.54) is 11.6 Å². The lowest BCUT2D eigenvalue weighted by atomic mass is 10.0. The van der Waals surface area contributed by atoms with Crippen LogP contribution in [0.4, 0.5) is 0 Å². The Bertz CT molecular complexity index is 1020. The van der Waals surface area contributed by atoms with E-state index in [1.807, 2.05) is 31.2 Å². The molecule has 0 spiro atoms. The van der Waals surface area contributed by atoms with E-state index in [2.05, 4.69) is 6.92 Å². The summed E-state index contributed by atoms with van der Waals surface area (Å²) in [5.74, 6) is 0.171. The number of ether oxygens (including phenoxy) is 1. The van der Waals surface area contributed by atoms with Gasteiger partial charge >= 0.3 is 5.63 Å². The highest BCUT2D eigenvalue weighted by Crippen LogP contribution is 2.31. The summed E-state index contributed by atoms with van der Waals surface area (Å²) < 4.78 is 10.8. The lowest BCUT2D eigenvalue weighted by Gasteiger charge is -2.10. The first kappa shape index (κ1) is 19.2. The van der Waals surface area contributed by atoms with Gasteiger partial charge in [0.15, 0.2) is 12.4 Å². The number of carbonyl (C=O) groups is 1. The van der Waals surface area contributed by atoms with Gasteiger partial charge in [-0.3, -0.25) is 4.79 Å². The number of carbonyl (C=O) groups excluding carboxylic acids is 1. The number of benzene rings is 2. The summed E-state index contributed by atoms with van der Waals surface area (Å²) in [7, 11) is 0. The molecule has 4 nitrogen and oxygen atoms in total. The Kier molecular flexibility index (Phi) is 5.97. The topological polar surface area (TPSA) is 56.5 Å². The fourth-order valence-corrected chi connectivity index (χ4v) is 3.11. The minimum absolute atomic E-state index is 0.140. The molecule has 3 aromatic rings. The molecule has 0 aliphatic carbocycles. The maximum Gasteiger partial charge on any atom is 0.336 e. The first-order chi connectivity index (χ1) is 13.0. The molecule has 0 aliphatic rings. The molecule has 0 amide bonds. The molecule has 1 heterocycles. The minimum atomic E-state index is -0.437. The number of fused-ring (bicyclic) bond motifs is 1. The summed E-state index contributed by atoms with van der Waals surface area (Å²) in [6.45, 7) is 3.82. The molecule has 1 aromatic heterocycles. The van der Waals surface area contributed by atoms with Crippen LogP contribution in [0.25, 0.3) is 11.0 Å². The second kappa shape index (κ2) is 8.40. The smallest absolute Gasteiger partial charge is 0.336 e. The molecular weight excluding hydrogens is 364 g/mol. The summed E-state index contributed by atoms with van der Waals surface area (Å²) in [5, 5.41) is 1.10. The molecule has 3 rings (SSSR count). The monoisotopic (exact) mass is 384 g/mol. The molecule has 5 heteroatoms. The van der Waals surface area contributed by atoms with Gasteiger partial charge in [-0.15, -0.1) is 0 Å². The molecule has 0 N–H and O–H groups in total. The summed E-state index contributed by atoms with van der Waals surface area (Å²) in [4.78, 5) is 23.9. The fourth-order valence-electron chi connectivity index (χ4n) is 2.90. The Balaban J connectivity index is 1.73. The van der Waals surface area contributed by atoms with Crippen molar-refractivity contribution < 1.29 is 13.9 Å². The zero-order valence-corrected chi connectivity index (χ0v) is 16.1. The summed E-state index contributed by atoms with van der Waals surface area (Å²) >= 11 is 6.26. The fraction of sp³-hybridized carbons (Fsp3) is 0.273. The molecule has 0 unspecified atom stereocenters. The predicted octanol–water partition coefficient (Wildman–Crippen LogP) is 5.36. The van der Waals surface area contributed by atoms with Gasteiger partial charge in [-0.1, -0.05) is 49.2 Å². The van der Waals surface area contributed by atoms with Gasteiger partial charge in [-0.2, -0.15) is 0 Å². The SMILES string of the molecule is CCCCc1ccc(C(=O)COc2cc3oc(=O)cc(C)c3cc2Cl)cc1. The second-order valence-electron chi connectivity index (χ2n) is 6.54. The Hall–Kier alpha value is -2.59. The number of Topliss-reactive ketones (excluding diaryl/α,β-unsaturated/α-hetero) is 1. The van der Waals surface area contributed by atoms with Crippen LogP contribution in [-0.2, 0) is 6.42 Å². The number of unbranched alkanes of at least 4 members (excludes halogenated alkanes) is 1. The van der Waals surface area contributed by atoms with Crippen LogP contribution >= 0.6 is 11.6 Å². The zero-order valence-electron chi connectivity index (χ0n) is 15.4. The molecule has 0 fully saturated rings. The average molecular weight is 385 g/mol. The first-order valence-corrected chi connectivity index (χ1v) is 9.34. The minimum Gasteiger partial charge on any atom is -0.484 e. The molecular formula is C22H21ClO4.